The molecule has 0 amide bonds. The van der Waals surface area contributed by atoms with Crippen molar-refractivity contribution in [2.24, 2.45) is 7.05 Å². The largest absolute Gasteiger partial charge is 0.481 e. The van der Waals surface area contributed by atoms with Crippen LogP contribution in [0.1, 0.15) is 37.4 Å². The van der Waals surface area contributed by atoms with Crippen molar-refractivity contribution in [2.75, 3.05) is 12.9 Å². The number of aromatic nitrogens is 2. The van der Waals surface area contributed by atoms with Crippen molar-refractivity contribution < 1.29 is 4.74 Å². The fraction of sp³-hybridized carbons (Fsp3) is 0.786. The average molecular weight is 283 g/mol. The van der Waals surface area contributed by atoms with Gasteiger partial charge in [0.05, 0.1) is 18.4 Å². The Hall–Kier alpha value is -0.680. The molecule has 0 spiro atoms. The molecule has 0 aromatic carbocycles. The van der Waals surface area contributed by atoms with Gasteiger partial charge in [-0.05, 0) is 25.5 Å². The van der Waals surface area contributed by atoms with Gasteiger partial charge in [-0.2, -0.15) is 16.9 Å². The highest BCUT2D eigenvalue weighted by Gasteiger charge is 2.27. The maximum atomic E-state index is 5.44. The molecule has 1 aromatic heterocycles. The van der Waals surface area contributed by atoms with Gasteiger partial charge in [0.15, 0.2) is 0 Å². The first-order valence-corrected chi connectivity index (χ1v) is 8.13. The van der Waals surface area contributed by atoms with E-state index in [1.54, 1.807) is 7.11 Å². The fourth-order valence-electron chi connectivity index (χ4n) is 2.95. The molecule has 1 heterocycles. The summed E-state index contributed by atoms with van der Waals surface area (Å²) in [7, 11) is 3.64. The van der Waals surface area contributed by atoms with Gasteiger partial charge in [0, 0.05) is 24.9 Å². The molecular weight excluding hydrogens is 258 g/mol. The zero-order valence-corrected chi connectivity index (χ0v) is 13.2. The second-order valence-corrected chi connectivity index (χ2v) is 6.63. The lowest BCUT2D eigenvalue weighted by molar-refractivity contribution is 0.366. The Morgan fingerprint density at radius 2 is 2.26 bits per heavy atom. The van der Waals surface area contributed by atoms with Gasteiger partial charge in [-0.15, -0.1) is 0 Å². The van der Waals surface area contributed by atoms with Crippen LogP contribution in [0.15, 0.2) is 0 Å². The Morgan fingerprint density at radius 3 is 2.95 bits per heavy atom. The zero-order chi connectivity index (χ0) is 13.8. The maximum absolute atomic E-state index is 5.44. The lowest BCUT2D eigenvalue weighted by Crippen LogP contribution is -2.33. The van der Waals surface area contributed by atoms with Crippen LogP contribution >= 0.6 is 11.8 Å². The normalized spacial score (nSPS) is 22.9. The van der Waals surface area contributed by atoms with Crippen LogP contribution in [-0.2, 0) is 13.6 Å². The maximum Gasteiger partial charge on any atom is 0.216 e. The molecule has 1 aliphatic rings. The highest BCUT2D eigenvalue weighted by atomic mass is 32.2. The summed E-state index contributed by atoms with van der Waals surface area (Å²) in [5, 5.41) is 8.91. The first-order chi connectivity index (χ1) is 9.17. The van der Waals surface area contributed by atoms with Gasteiger partial charge in [0.2, 0.25) is 5.88 Å². The van der Waals surface area contributed by atoms with E-state index in [0.29, 0.717) is 6.04 Å². The van der Waals surface area contributed by atoms with Crippen LogP contribution in [0.3, 0.4) is 0 Å². The third-order valence-electron chi connectivity index (χ3n) is 3.86. The Kier molecular flexibility index (Phi) is 5.16. The minimum Gasteiger partial charge on any atom is -0.481 e. The second kappa shape index (κ2) is 6.66. The number of hydrogen-bond donors (Lipinski definition) is 1. The first kappa shape index (κ1) is 14.7. The number of aryl methyl sites for hydroxylation is 2. The predicted octanol–water partition coefficient (Wildman–Crippen LogP) is 2.50. The molecule has 19 heavy (non-hydrogen) atoms. The molecule has 0 aliphatic heterocycles. The van der Waals surface area contributed by atoms with E-state index in [4.69, 9.17) is 4.74 Å². The van der Waals surface area contributed by atoms with Gasteiger partial charge < -0.3 is 10.1 Å². The number of rotatable bonds is 6. The highest BCUT2D eigenvalue weighted by molar-refractivity contribution is 7.99. The van der Waals surface area contributed by atoms with Crippen molar-refractivity contribution in [3.8, 4) is 5.88 Å². The summed E-state index contributed by atoms with van der Waals surface area (Å²) in [5.74, 6) is 2.08. The molecule has 0 saturated heterocycles. The summed E-state index contributed by atoms with van der Waals surface area (Å²) < 4.78 is 7.26. The van der Waals surface area contributed by atoms with Crippen LogP contribution < -0.4 is 10.1 Å². The van der Waals surface area contributed by atoms with Crippen molar-refractivity contribution in [1.82, 2.24) is 15.1 Å². The van der Waals surface area contributed by atoms with Crippen LogP contribution in [0.2, 0.25) is 0 Å². The van der Waals surface area contributed by atoms with Crippen LogP contribution in [0.5, 0.6) is 5.88 Å². The molecule has 1 saturated carbocycles. The highest BCUT2D eigenvalue weighted by Crippen LogP contribution is 2.30. The monoisotopic (exact) mass is 283 g/mol. The van der Waals surface area contributed by atoms with E-state index in [9.17, 15) is 0 Å². The molecule has 1 aliphatic carbocycles. The van der Waals surface area contributed by atoms with E-state index in [1.165, 1.54) is 30.6 Å². The summed E-state index contributed by atoms with van der Waals surface area (Å²) in [6.45, 7) is 5.15. The summed E-state index contributed by atoms with van der Waals surface area (Å²) in [6, 6.07) is 0.634. The smallest absolute Gasteiger partial charge is 0.216 e. The fourth-order valence-corrected chi connectivity index (χ4v) is 4.17. The number of ether oxygens (including phenoxy) is 1. The molecule has 0 radical (unpaired) electrons. The zero-order valence-electron chi connectivity index (χ0n) is 12.4. The Balaban J connectivity index is 1.98. The lowest BCUT2D eigenvalue weighted by Gasteiger charge is -2.20. The summed E-state index contributed by atoms with van der Waals surface area (Å²) in [4.78, 5) is 0. The lowest BCUT2D eigenvalue weighted by atomic mass is 10.2. The Labute approximate surface area is 120 Å². The summed E-state index contributed by atoms with van der Waals surface area (Å²) in [6.07, 6.45) is 3.98. The Bertz CT molecular complexity index is 419. The molecule has 108 valence electrons. The molecule has 2 unspecified atom stereocenters. The SMILES string of the molecule is CCSC1CCCC1NCc1c(C)nn(C)c1OC. The molecule has 2 rings (SSSR count). The molecule has 1 aromatic rings. The van der Waals surface area contributed by atoms with Crippen molar-refractivity contribution >= 4 is 11.8 Å². The van der Waals surface area contributed by atoms with E-state index in [0.717, 1.165) is 23.4 Å². The van der Waals surface area contributed by atoms with Gasteiger partial charge in [-0.3, -0.25) is 0 Å². The minimum atomic E-state index is 0.634. The first-order valence-electron chi connectivity index (χ1n) is 7.08. The van der Waals surface area contributed by atoms with Crippen LogP contribution in [0.4, 0.5) is 0 Å². The van der Waals surface area contributed by atoms with Crippen molar-refractivity contribution in [1.29, 1.82) is 0 Å². The topological polar surface area (TPSA) is 39.1 Å². The van der Waals surface area contributed by atoms with E-state index >= 15 is 0 Å². The van der Waals surface area contributed by atoms with Gasteiger partial charge in [-0.1, -0.05) is 13.3 Å². The van der Waals surface area contributed by atoms with Gasteiger partial charge in [0.25, 0.3) is 0 Å². The number of nitrogens with zero attached hydrogens (tertiary/aromatic N) is 2. The van der Waals surface area contributed by atoms with E-state index in [1.807, 2.05) is 18.7 Å². The van der Waals surface area contributed by atoms with E-state index in [-0.39, 0.29) is 0 Å². The molecule has 4 nitrogen and oxygen atoms in total. The van der Waals surface area contributed by atoms with Crippen LogP contribution in [0, 0.1) is 6.92 Å². The Morgan fingerprint density at radius 1 is 1.47 bits per heavy atom. The third kappa shape index (κ3) is 3.26. The standard InChI is InChI=1S/C14H25N3OS/c1-5-19-13-8-6-7-12(13)15-9-11-10(2)16-17(3)14(11)18-4/h12-13,15H,5-9H2,1-4H3. The number of hydrogen-bond acceptors (Lipinski definition) is 4. The van der Waals surface area contributed by atoms with Gasteiger partial charge >= 0.3 is 0 Å². The van der Waals surface area contributed by atoms with Crippen molar-refractivity contribution in [3.05, 3.63) is 11.3 Å². The van der Waals surface area contributed by atoms with Crippen molar-refractivity contribution in [2.45, 2.75) is 50.9 Å². The van der Waals surface area contributed by atoms with Gasteiger partial charge in [-0.25, -0.2) is 4.68 Å². The molecule has 2 atom stereocenters. The number of nitrogens with one attached hydrogen (secondary N) is 1. The molecule has 5 heteroatoms. The van der Waals surface area contributed by atoms with E-state index in [2.05, 4.69) is 29.1 Å². The van der Waals surface area contributed by atoms with E-state index < -0.39 is 0 Å². The summed E-state index contributed by atoms with van der Waals surface area (Å²) in [5.41, 5.74) is 2.25. The van der Waals surface area contributed by atoms with Crippen LogP contribution in [-0.4, -0.2) is 33.9 Å². The van der Waals surface area contributed by atoms with Gasteiger partial charge in [0.1, 0.15) is 0 Å². The average Bonchev–Trinajstić information content (AvgIpc) is 2.92. The molecule has 1 N–H and O–H groups in total. The number of thioether (sulfide) groups is 1. The predicted molar refractivity (Wildman–Crippen MR) is 80.9 cm³/mol. The molecule has 0 bridgehead atoms. The minimum absolute atomic E-state index is 0.634. The molecule has 1 fully saturated rings. The van der Waals surface area contributed by atoms with Crippen molar-refractivity contribution in [3.63, 3.8) is 0 Å². The molecular formula is C14H25N3OS. The quantitative estimate of drug-likeness (QED) is 0.870. The van der Waals surface area contributed by atoms with Crippen LogP contribution in [0.25, 0.3) is 0 Å². The number of methoxy groups -OCH3 is 1. The third-order valence-corrected chi connectivity index (χ3v) is 5.18. The summed E-state index contributed by atoms with van der Waals surface area (Å²) >= 11 is 2.09. The second-order valence-electron chi connectivity index (χ2n) is 5.11.